The first-order valence-corrected chi connectivity index (χ1v) is 11.6. The maximum atomic E-state index is 12.9. The average Bonchev–Trinajstić information content (AvgIpc) is 2.75. The zero-order valence-electron chi connectivity index (χ0n) is 18.0. The second kappa shape index (κ2) is 9.26. The molecule has 0 saturated heterocycles. The summed E-state index contributed by atoms with van der Waals surface area (Å²) in [5.41, 5.74) is 1.19. The Kier molecular flexibility index (Phi) is 6.70. The molecular formula is C23H26N2O5S. The molecular weight excluding hydrogens is 416 g/mol. The van der Waals surface area contributed by atoms with Gasteiger partial charge in [0.25, 0.3) is 0 Å². The number of ether oxygens (including phenoxy) is 2. The predicted molar refractivity (Wildman–Crippen MR) is 122 cm³/mol. The van der Waals surface area contributed by atoms with Gasteiger partial charge >= 0.3 is 0 Å². The first-order chi connectivity index (χ1) is 14.7. The highest BCUT2D eigenvalue weighted by atomic mass is 32.2. The molecule has 31 heavy (non-hydrogen) atoms. The molecule has 0 unspecified atom stereocenters. The summed E-state index contributed by atoms with van der Waals surface area (Å²) >= 11 is 0. The molecule has 1 atom stereocenters. The van der Waals surface area contributed by atoms with Crippen LogP contribution in [0.4, 0.5) is 5.69 Å². The number of amides is 1. The van der Waals surface area contributed by atoms with Gasteiger partial charge in [-0.3, -0.25) is 9.10 Å². The molecule has 0 aliphatic rings. The molecule has 0 bridgehead atoms. The van der Waals surface area contributed by atoms with Crippen molar-refractivity contribution >= 4 is 32.4 Å². The van der Waals surface area contributed by atoms with E-state index >= 15 is 0 Å². The third-order valence-electron chi connectivity index (χ3n) is 5.00. The smallest absolute Gasteiger partial charge is 0.241 e. The number of hydrogen-bond acceptors (Lipinski definition) is 5. The van der Waals surface area contributed by atoms with E-state index in [2.05, 4.69) is 5.32 Å². The number of carbonyl (C=O) groups excluding carboxylic acids is 1. The molecule has 0 radical (unpaired) electrons. The second-order valence-electron chi connectivity index (χ2n) is 7.16. The molecule has 0 saturated carbocycles. The van der Waals surface area contributed by atoms with Gasteiger partial charge in [-0.2, -0.15) is 0 Å². The molecule has 3 aromatic rings. The summed E-state index contributed by atoms with van der Waals surface area (Å²) in [5, 5.41) is 4.51. The van der Waals surface area contributed by atoms with Crippen molar-refractivity contribution < 1.29 is 22.7 Å². The van der Waals surface area contributed by atoms with Gasteiger partial charge in [0, 0.05) is 10.9 Å². The van der Waals surface area contributed by atoms with E-state index in [1.807, 2.05) is 30.3 Å². The molecule has 1 N–H and O–H groups in total. The summed E-state index contributed by atoms with van der Waals surface area (Å²) < 4.78 is 36.9. The molecule has 0 aliphatic carbocycles. The van der Waals surface area contributed by atoms with Gasteiger partial charge in [-0.1, -0.05) is 36.4 Å². The molecule has 0 fully saturated rings. The molecule has 164 valence electrons. The number of benzene rings is 3. The Morgan fingerprint density at radius 1 is 1.03 bits per heavy atom. The highest BCUT2D eigenvalue weighted by molar-refractivity contribution is 7.92. The van der Waals surface area contributed by atoms with Gasteiger partial charge < -0.3 is 14.8 Å². The van der Waals surface area contributed by atoms with Crippen LogP contribution < -0.4 is 19.1 Å². The van der Waals surface area contributed by atoms with Crippen molar-refractivity contribution in [2.24, 2.45) is 0 Å². The van der Waals surface area contributed by atoms with Crippen LogP contribution in [0.1, 0.15) is 18.5 Å². The lowest BCUT2D eigenvalue weighted by molar-refractivity contribution is -0.120. The van der Waals surface area contributed by atoms with E-state index in [4.69, 9.17) is 9.47 Å². The summed E-state index contributed by atoms with van der Waals surface area (Å²) in [6, 6.07) is 17.7. The van der Waals surface area contributed by atoms with Crippen molar-refractivity contribution in [3.8, 4) is 11.5 Å². The number of carbonyl (C=O) groups is 1. The van der Waals surface area contributed by atoms with Crippen LogP contribution in [0.3, 0.4) is 0 Å². The third kappa shape index (κ3) is 5.08. The zero-order chi connectivity index (χ0) is 22.6. The Morgan fingerprint density at radius 3 is 2.42 bits per heavy atom. The first-order valence-electron chi connectivity index (χ1n) is 9.71. The average molecular weight is 443 g/mol. The van der Waals surface area contributed by atoms with E-state index < -0.39 is 22.0 Å². The minimum absolute atomic E-state index is 0.344. The molecule has 8 heteroatoms. The molecule has 1 amide bonds. The lowest BCUT2D eigenvalue weighted by Gasteiger charge is -2.25. The lowest BCUT2D eigenvalue weighted by Crippen LogP contribution is -2.41. The number of fused-ring (bicyclic) bond motifs is 1. The monoisotopic (exact) mass is 442 g/mol. The van der Waals surface area contributed by atoms with Crippen molar-refractivity contribution in [3.05, 3.63) is 66.2 Å². The highest BCUT2D eigenvalue weighted by Crippen LogP contribution is 2.30. The topological polar surface area (TPSA) is 84.9 Å². The minimum atomic E-state index is -3.70. The van der Waals surface area contributed by atoms with Gasteiger partial charge in [0.2, 0.25) is 15.9 Å². The number of methoxy groups -OCH3 is 2. The zero-order valence-corrected chi connectivity index (χ0v) is 18.8. The Hall–Kier alpha value is -3.26. The fourth-order valence-electron chi connectivity index (χ4n) is 3.48. The quantitative estimate of drug-likeness (QED) is 0.577. The molecule has 3 rings (SSSR count). The Bertz CT molecular complexity index is 1190. The fraction of sp³-hybridized carbons (Fsp3) is 0.261. The van der Waals surface area contributed by atoms with Crippen LogP contribution >= 0.6 is 0 Å². The van der Waals surface area contributed by atoms with Crippen LogP contribution in [0, 0.1) is 0 Å². The standard InChI is InChI=1S/C23H26N2O5S/c1-16(20-14-18(29-2)12-13-22(20)30-3)24-23(26)15-25(31(4,27)28)21-11-7-9-17-8-5-6-10-19(17)21/h5-14,16H,15H2,1-4H3,(H,24,26)/t16-/m0/s1. The number of rotatable bonds is 8. The van der Waals surface area contributed by atoms with Crippen molar-refractivity contribution in [2.75, 3.05) is 31.3 Å². The van der Waals surface area contributed by atoms with Gasteiger partial charge in [0.15, 0.2) is 0 Å². The fourth-order valence-corrected chi connectivity index (χ4v) is 4.35. The number of hydrogen-bond donors (Lipinski definition) is 1. The van der Waals surface area contributed by atoms with E-state index in [-0.39, 0.29) is 6.54 Å². The Balaban J connectivity index is 1.88. The summed E-state index contributed by atoms with van der Waals surface area (Å²) in [6.45, 7) is 1.46. The van der Waals surface area contributed by atoms with Crippen molar-refractivity contribution in [1.82, 2.24) is 5.32 Å². The minimum Gasteiger partial charge on any atom is -0.497 e. The van der Waals surface area contributed by atoms with Crippen molar-refractivity contribution in [2.45, 2.75) is 13.0 Å². The van der Waals surface area contributed by atoms with E-state index in [9.17, 15) is 13.2 Å². The molecule has 0 aromatic heterocycles. The van der Waals surface area contributed by atoms with Gasteiger partial charge in [0.1, 0.15) is 18.0 Å². The first kappa shape index (κ1) is 22.4. The van der Waals surface area contributed by atoms with Crippen LogP contribution in [-0.4, -0.2) is 41.3 Å². The van der Waals surface area contributed by atoms with Gasteiger partial charge in [-0.25, -0.2) is 8.42 Å². The van der Waals surface area contributed by atoms with Crippen molar-refractivity contribution in [1.29, 1.82) is 0 Å². The van der Waals surface area contributed by atoms with Gasteiger partial charge in [-0.05, 0) is 36.6 Å². The van der Waals surface area contributed by atoms with Crippen LogP contribution in [0.5, 0.6) is 11.5 Å². The van der Waals surface area contributed by atoms with E-state index in [0.29, 0.717) is 17.2 Å². The highest BCUT2D eigenvalue weighted by Gasteiger charge is 2.24. The maximum Gasteiger partial charge on any atom is 0.241 e. The van der Waals surface area contributed by atoms with Crippen LogP contribution in [0.2, 0.25) is 0 Å². The van der Waals surface area contributed by atoms with E-state index in [0.717, 1.165) is 26.9 Å². The number of nitrogens with zero attached hydrogens (tertiary/aromatic N) is 1. The SMILES string of the molecule is COc1ccc(OC)c([C@H](C)NC(=O)CN(c2cccc3ccccc23)S(C)(=O)=O)c1. The number of sulfonamides is 1. The second-order valence-corrected chi connectivity index (χ2v) is 9.07. The predicted octanol–water partition coefficient (Wildman–Crippen LogP) is 3.50. The molecule has 7 nitrogen and oxygen atoms in total. The van der Waals surface area contributed by atoms with Gasteiger partial charge in [0.05, 0.1) is 32.2 Å². The lowest BCUT2D eigenvalue weighted by atomic mass is 10.1. The number of anilines is 1. The molecule has 0 heterocycles. The van der Waals surface area contributed by atoms with Gasteiger partial charge in [-0.15, -0.1) is 0 Å². The molecule has 3 aromatic carbocycles. The summed E-state index contributed by atoms with van der Waals surface area (Å²) in [4.78, 5) is 12.9. The van der Waals surface area contributed by atoms with Crippen LogP contribution in [-0.2, 0) is 14.8 Å². The van der Waals surface area contributed by atoms with E-state index in [1.165, 1.54) is 0 Å². The Labute approximate surface area is 182 Å². The molecule has 0 spiro atoms. The summed E-state index contributed by atoms with van der Waals surface area (Å²) in [7, 11) is -0.595. The molecule has 0 aliphatic heterocycles. The summed E-state index contributed by atoms with van der Waals surface area (Å²) in [5.74, 6) is 0.795. The third-order valence-corrected chi connectivity index (χ3v) is 6.13. The number of nitrogens with one attached hydrogen (secondary N) is 1. The largest absolute Gasteiger partial charge is 0.497 e. The van der Waals surface area contributed by atoms with E-state index in [1.54, 1.807) is 51.5 Å². The normalized spacial score (nSPS) is 12.3. The summed E-state index contributed by atoms with van der Waals surface area (Å²) in [6.07, 6.45) is 1.09. The van der Waals surface area contributed by atoms with Crippen molar-refractivity contribution in [3.63, 3.8) is 0 Å². The van der Waals surface area contributed by atoms with Crippen LogP contribution in [0.15, 0.2) is 60.7 Å². The maximum absolute atomic E-state index is 12.9. The Morgan fingerprint density at radius 2 is 1.74 bits per heavy atom. The van der Waals surface area contributed by atoms with Crippen LogP contribution in [0.25, 0.3) is 10.8 Å².